The van der Waals surface area contributed by atoms with Crippen LogP contribution >= 0.6 is 0 Å². The molecule has 3 rings (SSSR count). The fourth-order valence-corrected chi connectivity index (χ4v) is 3.50. The normalized spacial score (nSPS) is 15.3. The second-order valence-electron chi connectivity index (χ2n) is 7.67. The average Bonchev–Trinajstić information content (AvgIpc) is 3.21. The van der Waals surface area contributed by atoms with Crippen LogP contribution in [0.15, 0.2) is 35.6 Å². The third-order valence-electron chi connectivity index (χ3n) is 5.41. The number of guanidine groups is 1. The number of hydrogen-bond donors (Lipinski definition) is 2. The Morgan fingerprint density at radius 1 is 1.32 bits per heavy atom. The largest absolute Gasteiger partial charge is 0.492 e. The van der Waals surface area contributed by atoms with Crippen molar-refractivity contribution in [1.29, 1.82) is 0 Å². The van der Waals surface area contributed by atoms with Crippen LogP contribution in [-0.4, -0.2) is 71.6 Å². The summed E-state index contributed by atoms with van der Waals surface area (Å²) in [5.74, 6) is 2.48. The van der Waals surface area contributed by atoms with Crippen molar-refractivity contribution in [2.24, 2.45) is 12.0 Å². The van der Waals surface area contributed by atoms with E-state index in [0.717, 1.165) is 62.2 Å². The fourth-order valence-electron chi connectivity index (χ4n) is 3.50. The lowest BCUT2D eigenvalue weighted by atomic mass is 10.1. The predicted molar refractivity (Wildman–Crippen MR) is 121 cm³/mol. The highest BCUT2D eigenvalue weighted by molar-refractivity contribution is 5.79. The Morgan fingerprint density at radius 3 is 2.90 bits per heavy atom. The van der Waals surface area contributed by atoms with Crippen molar-refractivity contribution in [3.63, 3.8) is 0 Å². The first-order chi connectivity index (χ1) is 15.2. The van der Waals surface area contributed by atoms with Crippen LogP contribution < -0.4 is 15.4 Å². The van der Waals surface area contributed by atoms with Gasteiger partial charge in [-0.3, -0.25) is 9.58 Å². The summed E-state index contributed by atoms with van der Waals surface area (Å²) in [7, 11) is 4.04. The van der Waals surface area contributed by atoms with E-state index in [9.17, 15) is 0 Å². The van der Waals surface area contributed by atoms with Crippen molar-refractivity contribution in [3.05, 3.63) is 42.0 Å². The molecule has 0 spiro atoms. The van der Waals surface area contributed by atoms with E-state index in [1.54, 1.807) is 11.0 Å². The maximum absolute atomic E-state index is 6.00. The van der Waals surface area contributed by atoms with Gasteiger partial charge in [-0.2, -0.15) is 5.10 Å². The number of likely N-dealkylation sites (N-methyl/N-ethyl adjacent to an activating group) is 1. The summed E-state index contributed by atoms with van der Waals surface area (Å²) in [4.78, 5) is 11.3. The van der Waals surface area contributed by atoms with Crippen LogP contribution in [0.2, 0.25) is 0 Å². The highest BCUT2D eigenvalue weighted by Crippen LogP contribution is 2.15. The fraction of sp³-hybridized carbons (Fsp3) is 0.591. The van der Waals surface area contributed by atoms with Gasteiger partial charge in [-0.25, -0.2) is 9.98 Å². The predicted octanol–water partition coefficient (Wildman–Crippen LogP) is 1.56. The minimum Gasteiger partial charge on any atom is -0.492 e. The lowest BCUT2D eigenvalue weighted by Crippen LogP contribution is -2.38. The molecule has 170 valence electrons. The Morgan fingerprint density at radius 2 is 2.16 bits per heavy atom. The van der Waals surface area contributed by atoms with Crippen LogP contribution in [0.1, 0.15) is 31.2 Å². The van der Waals surface area contributed by atoms with E-state index in [-0.39, 0.29) is 0 Å². The van der Waals surface area contributed by atoms with Crippen molar-refractivity contribution < 1.29 is 9.47 Å². The molecule has 0 atom stereocenters. The number of benzene rings is 1. The highest BCUT2D eigenvalue weighted by Gasteiger charge is 2.17. The summed E-state index contributed by atoms with van der Waals surface area (Å²) < 4.78 is 13.2. The molecular weight excluding hydrogens is 394 g/mol. The zero-order chi connectivity index (χ0) is 21.9. The molecule has 0 saturated carbocycles. The van der Waals surface area contributed by atoms with Gasteiger partial charge in [-0.1, -0.05) is 12.1 Å². The molecule has 1 aliphatic rings. The molecule has 0 radical (unpaired) electrons. The zero-order valence-electron chi connectivity index (χ0n) is 18.9. The van der Waals surface area contributed by atoms with Crippen LogP contribution in [0, 0.1) is 0 Å². The van der Waals surface area contributed by atoms with Crippen molar-refractivity contribution in [2.75, 3.05) is 40.0 Å². The van der Waals surface area contributed by atoms with Gasteiger partial charge in [0.1, 0.15) is 24.5 Å². The number of nitrogens with zero attached hydrogens (tertiary/aromatic N) is 5. The van der Waals surface area contributed by atoms with Crippen molar-refractivity contribution in [2.45, 2.75) is 38.9 Å². The molecule has 1 aromatic carbocycles. The van der Waals surface area contributed by atoms with Crippen LogP contribution in [-0.2, 0) is 24.9 Å². The molecule has 0 unspecified atom stereocenters. The van der Waals surface area contributed by atoms with Crippen LogP contribution in [0.25, 0.3) is 0 Å². The second-order valence-corrected chi connectivity index (χ2v) is 7.67. The molecule has 0 bridgehead atoms. The molecule has 2 heterocycles. The summed E-state index contributed by atoms with van der Waals surface area (Å²) in [6.45, 7) is 7.26. The third kappa shape index (κ3) is 7.52. The van der Waals surface area contributed by atoms with Gasteiger partial charge in [0.25, 0.3) is 0 Å². The van der Waals surface area contributed by atoms with Gasteiger partial charge < -0.3 is 20.1 Å². The molecule has 9 heteroatoms. The molecule has 2 N–H and O–H groups in total. The van der Waals surface area contributed by atoms with Gasteiger partial charge in [0.2, 0.25) is 0 Å². The summed E-state index contributed by atoms with van der Waals surface area (Å²) in [6.07, 6.45) is 3.75. The Labute approximate surface area is 184 Å². The highest BCUT2D eigenvalue weighted by atomic mass is 16.5. The summed E-state index contributed by atoms with van der Waals surface area (Å²) in [5.41, 5.74) is 1.10. The first kappa shape index (κ1) is 23.0. The van der Waals surface area contributed by atoms with E-state index < -0.39 is 0 Å². The standard InChI is InChI=1S/C22H35N7O2/c1-4-23-22(25-16-21-26-17-27-29(21)3)24-15-18-6-5-7-20(14-18)31-13-10-28(2)19-8-11-30-12-9-19/h5-7,14,17,19H,4,8-13,15-16H2,1-3H3,(H2,23,24,25). The van der Waals surface area contributed by atoms with Gasteiger partial charge in [0.05, 0.1) is 13.1 Å². The minimum atomic E-state index is 0.562. The number of hydrogen-bond acceptors (Lipinski definition) is 6. The molecule has 1 fully saturated rings. The van der Waals surface area contributed by atoms with Crippen LogP contribution in [0.3, 0.4) is 0 Å². The maximum Gasteiger partial charge on any atom is 0.191 e. The van der Waals surface area contributed by atoms with Gasteiger partial charge in [-0.15, -0.1) is 0 Å². The Balaban J connectivity index is 1.48. The lowest BCUT2D eigenvalue weighted by molar-refractivity contribution is 0.0392. The monoisotopic (exact) mass is 429 g/mol. The first-order valence-corrected chi connectivity index (χ1v) is 11.0. The number of ether oxygens (including phenoxy) is 2. The Hall–Kier alpha value is -2.65. The van der Waals surface area contributed by atoms with Crippen molar-refractivity contribution >= 4 is 5.96 Å². The maximum atomic E-state index is 6.00. The number of aromatic nitrogens is 3. The zero-order valence-corrected chi connectivity index (χ0v) is 18.9. The van der Waals surface area contributed by atoms with E-state index in [1.807, 2.05) is 26.1 Å². The van der Waals surface area contributed by atoms with E-state index in [4.69, 9.17) is 9.47 Å². The third-order valence-corrected chi connectivity index (χ3v) is 5.41. The van der Waals surface area contributed by atoms with Gasteiger partial charge in [-0.05, 0) is 44.5 Å². The molecular formula is C22H35N7O2. The number of rotatable bonds is 10. The minimum absolute atomic E-state index is 0.562. The Kier molecular flexibility index (Phi) is 9.11. The van der Waals surface area contributed by atoms with Crippen LogP contribution in [0.4, 0.5) is 0 Å². The van der Waals surface area contributed by atoms with Crippen molar-refractivity contribution in [3.8, 4) is 5.75 Å². The van der Waals surface area contributed by atoms with Gasteiger partial charge >= 0.3 is 0 Å². The summed E-state index contributed by atoms with van der Waals surface area (Å²) >= 11 is 0. The molecule has 31 heavy (non-hydrogen) atoms. The smallest absolute Gasteiger partial charge is 0.191 e. The number of aryl methyl sites for hydroxylation is 1. The van der Waals surface area contributed by atoms with Gasteiger partial charge in [0, 0.05) is 39.4 Å². The average molecular weight is 430 g/mol. The molecule has 1 saturated heterocycles. The van der Waals surface area contributed by atoms with Gasteiger partial charge in [0.15, 0.2) is 5.96 Å². The van der Waals surface area contributed by atoms with E-state index >= 15 is 0 Å². The summed E-state index contributed by atoms with van der Waals surface area (Å²) in [5, 5.41) is 10.6. The molecule has 9 nitrogen and oxygen atoms in total. The molecule has 0 aliphatic carbocycles. The number of nitrogens with one attached hydrogen (secondary N) is 2. The Bertz CT molecular complexity index is 818. The SMILES string of the molecule is CCNC(=NCc1cccc(OCCN(C)C2CCOCC2)c1)NCc1ncnn1C. The molecule has 1 aliphatic heterocycles. The van der Waals surface area contributed by atoms with E-state index in [0.29, 0.717) is 25.7 Å². The van der Waals surface area contributed by atoms with Crippen molar-refractivity contribution in [1.82, 2.24) is 30.3 Å². The molecule has 2 aromatic rings. The topological polar surface area (TPSA) is 88.8 Å². The molecule has 0 amide bonds. The number of aliphatic imine (C=N–C) groups is 1. The van der Waals surface area contributed by atoms with E-state index in [1.165, 1.54) is 0 Å². The van der Waals surface area contributed by atoms with E-state index in [2.05, 4.69) is 49.8 Å². The quantitative estimate of drug-likeness (QED) is 0.438. The van der Waals surface area contributed by atoms with Crippen LogP contribution in [0.5, 0.6) is 5.75 Å². The lowest BCUT2D eigenvalue weighted by Gasteiger charge is -2.31. The molecule has 1 aromatic heterocycles. The summed E-state index contributed by atoms with van der Waals surface area (Å²) in [6, 6.07) is 8.74. The first-order valence-electron chi connectivity index (χ1n) is 11.0. The second kappa shape index (κ2) is 12.3.